The molecule has 1 aromatic carbocycles. The third kappa shape index (κ3) is 4.56. The van der Waals surface area contributed by atoms with E-state index in [-0.39, 0.29) is 17.6 Å². The molecule has 0 aliphatic carbocycles. The lowest BCUT2D eigenvalue weighted by Crippen LogP contribution is -2.41. The zero-order valence-electron chi connectivity index (χ0n) is 15.3. The van der Waals surface area contributed by atoms with Gasteiger partial charge in [0.05, 0.1) is 5.69 Å². The summed E-state index contributed by atoms with van der Waals surface area (Å²) in [5.41, 5.74) is 1.56. The molecule has 1 aromatic heterocycles. The number of nitrogens with one attached hydrogen (secondary N) is 1. The highest BCUT2D eigenvalue weighted by Gasteiger charge is 2.25. The van der Waals surface area contributed by atoms with Crippen LogP contribution in [-0.4, -0.2) is 35.7 Å². The highest BCUT2D eigenvalue weighted by atomic mass is 19.1. The van der Waals surface area contributed by atoms with Crippen molar-refractivity contribution in [1.82, 2.24) is 15.5 Å². The Bertz CT molecular complexity index is 722. The van der Waals surface area contributed by atoms with Crippen molar-refractivity contribution in [3.8, 4) is 11.3 Å². The second-order valence-corrected chi connectivity index (χ2v) is 7.18. The Labute approximate surface area is 153 Å². The zero-order valence-corrected chi connectivity index (χ0v) is 15.3. The second-order valence-electron chi connectivity index (χ2n) is 7.18. The molecule has 138 valence electrons. The second kappa shape index (κ2) is 8.25. The average molecular weight is 356 g/mol. The van der Waals surface area contributed by atoms with E-state index in [9.17, 15) is 9.18 Å². The van der Waals surface area contributed by atoms with Crippen molar-refractivity contribution < 1.29 is 9.18 Å². The van der Waals surface area contributed by atoms with Crippen molar-refractivity contribution in [2.75, 3.05) is 24.5 Å². The number of amides is 1. The van der Waals surface area contributed by atoms with Crippen LogP contribution in [0.5, 0.6) is 0 Å². The van der Waals surface area contributed by atoms with Gasteiger partial charge in [0, 0.05) is 31.1 Å². The topological polar surface area (TPSA) is 58.1 Å². The van der Waals surface area contributed by atoms with Crippen molar-refractivity contribution in [2.24, 2.45) is 11.8 Å². The number of rotatable bonds is 5. The monoisotopic (exact) mass is 356 g/mol. The van der Waals surface area contributed by atoms with Crippen molar-refractivity contribution in [3.05, 3.63) is 42.2 Å². The van der Waals surface area contributed by atoms with Crippen molar-refractivity contribution >= 4 is 11.7 Å². The van der Waals surface area contributed by atoms with Crippen LogP contribution in [0.15, 0.2) is 36.4 Å². The van der Waals surface area contributed by atoms with Crippen LogP contribution in [0, 0.1) is 17.7 Å². The molecule has 1 aliphatic heterocycles. The average Bonchev–Trinajstić information content (AvgIpc) is 2.67. The van der Waals surface area contributed by atoms with Gasteiger partial charge >= 0.3 is 0 Å². The minimum absolute atomic E-state index is 0.0800. The van der Waals surface area contributed by atoms with E-state index in [2.05, 4.69) is 34.3 Å². The van der Waals surface area contributed by atoms with Crippen LogP contribution < -0.4 is 10.2 Å². The quantitative estimate of drug-likeness (QED) is 0.893. The van der Waals surface area contributed by atoms with Crippen LogP contribution in [0.3, 0.4) is 0 Å². The van der Waals surface area contributed by atoms with Gasteiger partial charge in [0.25, 0.3) is 0 Å². The number of benzene rings is 1. The van der Waals surface area contributed by atoms with Gasteiger partial charge in [-0.15, -0.1) is 10.2 Å². The summed E-state index contributed by atoms with van der Waals surface area (Å²) in [6.07, 6.45) is 1.65. The summed E-state index contributed by atoms with van der Waals surface area (Å²) in [5.74, 6) is 1.26. The van der Waals surface area contributed by atoms with Crippen LogP contribution in [0.25, 0.3) is 11.3 Å². The van der Waals surface area contributed by atoms with Crippen molar-refractivity contribution in [3.63, 3.8) is 0 Å². The Balaban J connectivity index is 1.56. The number of piperidine rings is 1. The van der Waals surface area contributed by atoms with E-state index in [1.165, 1.54) is 12.1 Å². The molecule has 0 unspecified atom stereocenters. The third-order valence-electron chi connectivity index (χ3n) is 4.66. The number of nitrogens with zero attached hydrogens (tertiary/aromatic N) is 3. The molecule has 0 atom stereocenters. The molecule has 3 rings (SSSR count). The van der Waals surface area contributed by atoms with Crippen molar-refractivity contribution in [1.29, 1.82) is 0 Å². The standard InChI is InChI=1S/C20H25FN4O/c1-14(2)13-22-20(26)16-9-11-25(12-10-16)19-8-7-18(23-24-19)15-3-5-17(21)6-4-15/h3-8,14,16H,9-13H2,1-2H3,(H,22,26). The van der Waals surface area contributed by atoms with Gasteiger partial charge in [-0.2, -0.15) is 0 Å². The first-order valence-corrected chi connectivity index (χ1v) is 9.15. The summed E-state index contributed by atoms with van der Waals surface area (Å²) in [4.78, 5) is 14.3. The van der Waals surface area contributed by atoms with Gasteiger partial charge in [-0.05, 0) is 55.2 Å². The summed E-state index contributed by atoms with van der Waals surface area (Å²) in [5, 5.41) is 11.6. The molecule has 6 heteroatoms. The van der Waals surface area contributed by atoms with Gasteiger partial charge < -0.3 is 10.2 Å². The van der Waals surface area contributed by atoms with Gasteiger partial charge in [-0.1, -0.05) is 13.8 Å². The molecule has 2 aromatic rings. The fourth-order valence-electron chi connectivity index (χ4n) is 3.09. The minimum atomic E-state index is -0.265. The Morgan fingerprint density at radius 1 is 1.15 bits per heavy atom. The first-order chi connectivity index (χ1) is 12.5. The van der Waals surface area contributed by atoms with Gasteiger partial charge in [0.2, 0.25) is 5.91 Å². The van der Waals surface area contributed by atoms with E-state index in [0.29, 0.717) is 5.92 Å². The molecule has 0 saturated carbocycles. The SMILES string of the molecule is CC(C)CNC(=O)C1CCN(c2ccc(-c3ccc(F)cc3)nn2)CC1. The van der Waals surface area contributed by atoms with E-state index >= 15 is 0 Å². The smallest absolute Gasteiger partial charge is 0.223 e. The lowest BCUT2D eigenvalue weighted by Gasteiger charge is -2.32. The normalized spacial score (nSPS) is 15.3. The Morgan fingerprint density at radius 2 is 1.85 bits per heavy atom. The Hall–Kier alpha value is -2.50. The van der Waals surface area contributed by atoms with Crippen LogP contribution >= 0.6 is 0 Å². The zero-order chi connectivity index (χ0) is 18.5. The molecule has 0 spiro atoms. The molecule has 0 bridgehead atoms. The van der Waals surface area contributed by atoms with Crippen molar-refractivity contribution in [2.45, 2.75) is 26.7 Å². The van der Waals surface area contributed by atoms with Gasteiger partial charge in [-0.3, -0.25) is 4.79 Å². The fraction of sp³-hybridized carbons (Fsp3) is 0.450. The number of halogens is 1. The molecule has 26 heavy (non-hydrogen) atoms. The first kappa shape index (κ1) is 18.3. The molecule has 0 radical (unpaired) electrons. The Morgan fingerprint density at radius 3 is 2.42 bits per heavy atom. The van der Waals surface area contributed by atoms with Crippen LogP contribution in [0.2, 0.25) is 0 Å². The first-order valence-electron chi connectivity index (χ1n) is 9.15. The molecule has 1 aliphatic rings. The van der Waals surface area contributed by atoms with E-state index in [4.69, 9.17) is 0 Å². The number of carbonyl (C=O) groups excluding carboxylic acids is 1. The maximum Gasteiger partial charge on any atom is 0.223 e. The summed E-state index contributed by atoms with van der Waals surface area (Å²) >= 11 is 0. The molecule has 1 fully saturated rings. The van der Waals surface area contributed by atoms with E-state index in [1.54, 1.807) is 12.1 Å². The highest BCUT2D eigenvalue weighted by Crippen LogP contribution is 2.23. The van der Waals surface area contributed by atoms with Gasteiger partial charge in [0.1, 0.15) is 5.82 Å². The molecule has 2 heterocycles. The summed E-state index contributed by atoms with van der Waals surface area (Å²) in [7, 11) is 0. The number of carbonyl (C=O) groups is 1. The number of hydrogen-bond donors (Lipinski definition) is 1. The third-order valence-corrected chi connectivity index (χ3v) is 4.66. The van der Waals surface area contributed by atoms with E-state index in [1.807, 2.05) is 12.1 Å². The molecule has 5 nitrogen and oxygen atoms in total. The summed E-state index contributed by atoms with van der Waals surface area (Å²) in [6, 6.07) is 10.1. The maximum atomic E-state index is 13.0. The maximum absolute atomic E-state index is 13.0. The highest BCUT2D eigenvalue weighted by molar-refractivity contribution is 5.79. The van der Waals surface area contributed by atoms with Gasteiger partial charge in [-0.25, -0.2) is 4.39 Å². The van der Waals surface area contributed by atoms with Crippen LogP contribution in [-0.2, 0) is 4.79 Å². The fourth-order valence-corrected chi connectivity index (χ4v) is 3.09. The number of hydrogen-bond acceptors (Lipinski definition) is 4. The lowest BCUT2D eigenvalue weighted by atomic mass is 9.95. The molecule has 1 saturated heterocycles. The minimum Gasteiger partial charge on any atom is -0.356 e. The van der Waals surface area contributed by atoms with E-state index in [0.717, 1.165) is 49.6 Å². The number of aromatic nitrogens is 2. The Kier molecular flexibility index (Phi) is 5.81. The molecular formula is C20H25FN4O. The molecule has 1 amide bonds. The summed E-state index contributed by atoms with van der Waals surface area (Å²) in [6.45, 7) is 6.51. The summed E-state index contributed by atoms with van der Waals surface area (Å²) < 4.78 is 13.0. The van der Waals surface area contributed by atoms with Gasteiger partial charge in [0.15, 0.2) is 5.82 Å². The van der Waals surface area contributed by atoms with E-state index < -0.39 is 0 Å². The van der Waals surface area contributed by atoms with Crippen LogP contribution in [0.4, 0.5) is 10.2 Å². The predicted octanol–water partition coefficient (Wildman–Crippen LogP) is 3.27. The largest absolute Gasteiger partial charge is 0.356 e. The predicted molar refractivity (Wildman–Crippen MR) is 100 cm³/mol. The lowest BCUT2D eigenvalue weighted by molar-refractivity contribution is -0.125. The van der Waals surface area contributed by atoms with Crippen LogP contribution in [0.1, 0.15) is 26.7 Å². The molecular weight excluding hydrogens is 331 g/mol. The number of anilines is 1. The molecule has 1 N–H and O–H groups in total.